The van der Waals surface area contributed by atoms with Crippen molar-refractivity contribution in [2.45, 2.75) is 32.9 Å². The number of nitrogens with zero attached hydrogens (tertiary/aromatic N) is 3. The fourth-order valence-corrected chi connectivity index (χ4v) is 1.80. The van der Waals surface area contributed by atoms with E-state index in [1.54, 1.807) is 0 Å². The van der Waals surface area contributed by atoms with Crippen LogP contribution in [0.15, 0.2) is 37.1 Å². The van der Waals surface area contributed by atoms with E-state index in [4.69, 9.17) is 0 Å². The molecule has 2 aromatic rings. The average Bonchev–Trinajstić information content (AvgIpc) is 2.89. The maximum atomic E-state index is 4.28. The van der Waals surface area contributed by atoms with Crippen LogP contribution in [0.25, 0.3) is 0 Å². The second-order valence-electron chi connectivity index (χ2n) is 4.49. The van der Waals surface area contributed by atoms with E-state index in [-0.39, 0.29) is 0 Å². The second kappa shape index (κ2) is 6.91. The van der Waals surface area contributed by atoms with Crippen molar-refractivity contribution in [2.24, 2.45) is 0 Å². The van der Waals surface area contributed by atoms with Crippen molar-refractivity contribution in [1.82, 2.24) is 19.9 Å². The van der Waals surface area contributed by atoms with Crippen LogP contribution < -0.4 is 5.32 Å². The standard InChI is InChI=1S/C14H20N4/c1-13-4-5-14(11-17-13)10-15-6-2-3-8-18-9-7-16-12-18/h4-5,7,9,11-12,15H,2-3,6,8,10H2,1H3. The molecule has 0 unspecified atom stereocenters. The Morgan fingerprint density at radius 1 is 1.28 bits per heavy atom. The van der Waals surface area contributed by atoms with Crippen LogP contribution in [0.5, 0.6) is 0 Å². The van der Waals surface area contributed by atoms with Gasteiger partial charge in [0.25, 0.3) is 0 Å². The van der Waals surface area contributed by atoms with Crippen molar-refractivity contribution in [3.8, 4) is 0 Å². The predicted molar refractivity (Wildman–Crippen MR) is 72.1 cm³/mol. The van der Waals surface area contributed by atoms with Crippen molar-refractivity contribution in [2.75, 3.05) is 6.54 Å². The minimum absolute atomic E-state index is 0.901. The van der Waals surface area contributed by atoms with Gasteiger partial charge in [-0.1, -0.05) is 6.07 Å². The van der Waals surface area contributed by atoms with Gasteiger partial charge in [0.1, 0.15) is 0 Å². The molecule has 2 rings (SSSR count). The van der Waals surface area contributed by atoms with Gasteiger partial charge < -0.3 is 9.88 Å². The molecule has 4 nitrogen and oxygen atoms in total. The van der Waals surface area contributed by atoms with Crippen molar-refractivity contribution in [1.29, 1.82) is 0 Å². The lowest BCUT2D eigenvalue weighted by atomic mass is 10.2. The minimum atomic E-state index is 0.901. The van der Waals surface area contributed by atoms with E-state index in [0.717, 1.165) is 25.3 Å². The Morgan fingerprint density at radius 2 is 2.22 bits per heavy atom. The number of pyridine rings is 1. The van der Waals surface area contributed by atoms with Crippen LogP contribution in [-0.4, -0.2) is 21.1 Å². The second-order valence-corrected chi connectivity index (χ2v) is 4.49. The zero-order chi connectivity index (χ0) is 12.6. The Balaban J connectivity index is 1.55. The third-order valence-electron chi connectivity index (χ3n) is 2.88. The maximum absolute atomic E-state index is 4.28. The van der Waals surface area contributed by atoms with E-state index in [0.29, 0.717) is 0 Å². The molecule has 0 fully saturated rings. The van der Waals surface area contributed by atoms with E-state index in [1.165, 1.54) is 18.4 Å². The van der Waals surface area contributed by atoms with E-state index in [1.807, 2.05) is 31.8 Å². The summed E-state index contributed by atoms with van der Waals surface area (Å²) < 4.78 is 2.11. The number of aromatic nitrogens is 3. The van der Waals surface area contributed by atoms with E-state index < -0.39 is 0 Å². The Bertz CT molecular complexity index is 433. The molecule has 0 aliphatic rings. The maximum Gasteiger partial charge on any atom is 0.0945 e. The highest BCUT2D eigenvalue weighted by Crippen LogP contribution is 1.99. The highest BCUT2D eigenvalue weighted by Gasteiger charge is 1.94. The summed E-state index contributed by atoms with van der Waals surface area (Å²) in [5.74, 6) is 0. The molecule has 0 radical (unpaired) electrons. The molecule has 0 atom stereocenters. The molecule has 0 saturated carbocycles. The lowest BCUT2D eigenvalue weighted by Gasteiger charge is -2.05. The van der Waals surface area contributed by atoms with Gasteiger partial charge in [-0.25, -0.2) is 4.98 Å². The number of hydrogen-bond donors (Lipinski definition) is 1. The summed E-state index contributed by atoms with van der Waals surface area (Å²) in [6.45, 7) is 5.00. The zero-order valence-electron chi connectivity index (χ0n) is 10.8. The smallest absolute Gasteiger partial charge is 0.0945 e. The fraction of sp³-hybridized carbons (Fsp3) is 0.429. The van der Waals surface area contributed by atoms with Gasteiger partial charge >= 0.3 is 0 Å². The first-order valence-corrected chi connectivity index (χ1v) is 6.42. The van der Waals surface area contributed by atoms with Crippen LogP contribution in [0.2, 0.25) is 0 Å². The number of imidazole rings is 1. The summed E-state index contributed by atoms with van der Waals surface area (Å²) in [5, 5.41) is 3.44. The third-order valence-corrected chi connectivity index (χ3v) is 2.88. The Labute approximate surface area is 108 Å². The molecule has 18 heavy (non-hydrogen) atoms. The topological polar surface area (TPSA) is 42.7 Å². The molecule has 0 spiro atoms. The van der Waals surface area contributed by atoms with Gasteiger partial charge in [0.15, 0.2) is 0 Å². The summed E-state index contributed by atoms with van der Waals surface area (Å²) in [6, 6.07) is 4.18. The van der Waals surface area contributed by atoms with Crippen LogP contribution in [0.1, 0.15) is 24.1 Å². The summed E-state index contributed by atoms with van der Waals surface area (Å²) in [5.41, 5.74) is 2.31. The van der Waals surface area contributed by atoms with Crippen LogP contribution in [-0.2, 0) is 13.1 Å². The average molecular weight is 244 g/mol. The minimum Gasteiger partial charge on any atom is -0.337 e. The number of aryl methyl sites for hydroxylation is 2. The molecule has 1 N–H and O–H groups in total. The zero-order valence-corrected chi connectivity index (χ0v) is 10.8. The Morgan fingerprint density at radius 3 is 2.94 bits per heavy atom. The number of hydrogen-bond acceptors (Lipinski definition) is 3. The number of rotatable bonds is 7. The molecule has 2 heterocycles. The molecule has 4 heteroatoms. The quantitative estimate of drug-likeness (QED) is 0.759. The molecule has 0 saturated heterocycles. The lowest BCUT2D eigenvalue weighted by molar-refractivity contribution is 0.568. The summed E-state index contributed by atoms with van der Waals surface area (Å²) in [4.78, 5) is 8.30. The van der Waals surface area contributed by atoms with Crippen LogP contribution in [0.4, 0.5) is 0 Å². The van der Waals surface area contributed by atoms with Crippen LogP contribution in [0.3, 0.4) is 0 Å². The first-order valence-electron chi connectivity index (χ1n) is 6.42. The van der Waals surface area contributed by atoms with Gasteiger partial charge in [0.05, 0.1) is 6.33 Å². The first-order chi connectivity index (χ1) is 8.84. The third kappa shape index (κ3) is 4.30. The van der Waals surface area contributed by atoms with Crippen molar-refractivity contribution in [3.05, 3.63) is 48.3 Å². The highest BCUT2D eigenvalue weighted by molar-refractivity contribution is 5.12. The molecule has 0 aliphatic carbocycles. The molecule has 2 aromatic heterocycles. The summed E-state index contributed by atoms with van der Waals surface area (Å²) >= 11 is 0. The summed E-state index contributed by atoms with van der Waals surface area (Å²) in [7, 11) is 0. The van der Waals surface area contributed by atoms with Gasteiger partial charge in [0, 0.05) is 37.4 Å². The SMILES string of the molecule is Cc1ccc(CNCCCCn2ccnc2)cn1. The van der Waals surface area contributed by atoms with Crippen molar-refractivity contribution >= 4 is 0 Å². The van der Waals surface area contributed by atoms with Crippen molar-refractivity contribution < 1.29 is 0 Å². The van der Waals surface area contributed by atoms with E-state index >= 15 is 0 Å². The summed E-state index contributed by atoms with van der Waals surface area (Å²) in [6.07, 6.45) is 9.99. The highest BCUT2D eigenvalue weighted by atomic mass is 15.0. The van der Waals surface area contributed by atoms with Crippen LogP contribution >= 0.6 is 0 Å². The molecular weight excluding hydrogens is 224 g/mol. The fourth-order valence-electron chi connectivity index (χ4n) is 1.80. The number of nitrogens with one attached hydrogen (secondary N) is 1. The van der Waals surface area contributed by atoms with Gasteiger partial charge in [0.2, 0.25) is 0 Å². The Kier molecular flexibility index (Phi) is 4.90. The van der Waals surface area contributed by atoms with Gasteiger partial charge in [-0.3, -0.25) is 4.98 Å². The number of unbranched alkanes of at least 4 members (excludes halogenated alkanes) is 1. The normalized spacial score (nSPS) is 10.7. The lowest BCUT2D eigenvalue weighted by Crippen LogP contribution is -2.15. The first kappa shape index (κ1) is 12.8. The van der Waals surface area contributed by atoms with Gasteiger partial charge in [-0.2, -0.15) is 0 Å². The van der Waals surface area contributed by atoms with Crippen molar-refractivity contribution in [3.63, 3.8) is 0 Å². The van der Waals surface area contributed by atoms with Gasteiger partial charge in [-0.05, 0) is 37.9 Å². The largest absolute Gasteiger partial charge is 0.337 e. The van der Waals surface area contributed by atoms with E-state index in [9.17, 15) is 0 Å². The molecule has 96 valence electrons. The molecular formula is C14H20N4. The molecule has 0 aliphatic heterocycles. The van der Waals surface area contributed by atoms with Gasteiger partial charge in [-0.15, -0.1) is 0 Å². The molecule has 0 bridgehead atoms. The molecule has 0 aromatic carbocycles. The van der Waals surface area contributed by atoms with E-state index in [2.05, 4.69) is 32.0 Å². The molecule has 0 amide bonds. The van der Waals surface area contributed by atoms with Crippen LogP contribution in [0, 0.1) is 6.92 Å². The monoisotopic (exact) mass is 244 g/mol. The predicted octanol–water partition coefficient (Wildman–Crippen LogP) is 2.16. The Hall–Kier alpha value is -1.68.